The van der Waals surface area contributed by atoms with Crippen molar-refractivity contribution in [2.24, 2.45) is 0 Å². The molecule has 0 spiro atoms. The van der Waals surface area contributed by atoms with Gasteiger partial charge in [-0.15, -0.1) is 21.5 Å². The van der Waals surface area contributed by atoms with Gasteiger partial charge in [0.15, 0.2) is 11.0 Å². The molecule has 0 atom stereocenters. The maximum atomic E-state index is 12.8. The minimum Gasteiger partial charge on any atom is -0.507 e. The Morgan fingerprint density at radius 3 is 2.82 bits per heavy atom. The number of benzene rings is 1. The lowest BCUT2D eigenvalue weighted by Crippen LogP contribution is -2.17. The number of thiophene rings is 1. The number of amides is 1. The van der Waals surface area contributed by atoms with Gasteiger partial charge in [-0.25, -0.2) is 4.79 Å². The van der Waals surface area contributed by atoms with E-state index in [2.05, 4.69) is 31.4 Å². The number of fused-ring (bicyclic) bond motifs is 1. The third kappa shape index (κ3) is 5.16. The van der Waals surface area contributed by atoms with Gasteiger partial charge in [-0.05, 0) is 63.3 Å². The predicted molar refractivity (Wildman–Crippen MR) is 137 cm³/mol. The molecule has 34 heavy (non-hydrogen) atoms. The monoisotopic (exact) mass is 564 g/mol. The average Bonchev–Trinajstić information content (AvgIpc) is 3.39. The van der Waals surface area contributed by atoms with Crippen molar-refractivity contribution >= 4 is 55.9 Å². The summed E-state index contributed by atoms with van der Waals surface area (Å²) in [6.07, 6.45) is 3.86. The Balaban J connectivity index is 1.50. The van der Waals surface area contributed by atoms with Crippen LogP contribution in [-0.4, -0.2) is 44.1 Å². The van der Waals surface area contributed by atoms with Crippen molar-refractivity contribution in [2.45, 2.75) is 51.2 Å². The first-order valence-electron chi connectivity index (χ1n) is 11.1. The number of nitrogens with one attached hydrogen (secondary N) is 1. The average molecular weight is 566 g/mol. The van der Waals surface area contributed by atoms with E-state index in [9.17, 15) is 14.7 Å². The van der Waals surface area contributed by atoms with Crippen LogP contribution in [0.2, 0.25) is 0 Å². The van der Waals surface area contributed by atoms with Gasteiger partial charge in [-0.3, -0.25) is 4.79 Å². The number of esters is 1. The summed E-state index contributed by atoms with van der Waals surface area (Å²) >= 11 is 6.14. The van der Waals surface area contributed by atoms with Gasteiger partial charge in [0.1, 0.15) is 10.8 Å². The number of ether oxygens (including phenoxy) is 1. The number of aryl methyl sites for hydroxylation is 1. The molecule has 0 bridgehead atoms. The molecule has 0 saturated heterocycles. The van der Waals surface area contributed by atoms with E-state index in [1.807, 2.05) is 11.5 Å². The SMILES string of the molecule is CCOC(=O)c1c(NC(=O)CSc2nnc(-c3cc(Br)ccc3O)n2CC)sc2c1CCCC2. The second kappa shape index (κ2) is 10.9. The van der Waals surface area contributed by atoms with Gasteiger partial charge in [0.25, 0.3) is 0 Å². The summed E-state index contributed by atoms with van der Waals surface area (Å²) in [4.78, 5) is 26.6. The fourth-order valence-electron chi connectivity index (χ4n) is 3.93. The van der Waals surface area contributed by atoms with Gasteiger partial charge in [0.05, 0.1) is 23.5 Å². The van der Waals surface area contributed by atoms with Crippen LogP contribution in [0.25, 0.3) is 11.4 Å². The molecular formula is C23H25BrN4O4S2. The van der Waals surface area contributed by atoms with Crippen molar-refractivity contribution in [3.8, 4) is 17.1 Å². The van der Waals surface area contributed by atoms with Crippen LogP contribution in [0.15, 0.2) is 27.8 Å². The highest BCUT2D eigenvalue weighted by molar-refractivity contribution is 9.10. The number of thioether (sulfide) groups is 1. The summed E-state index contributed by atoms with van der Waals surface area (Å²) in [7, 11) is 0. The van der Waals surface area contributed by atoms with Crippen molar-refractivity contribution in [3.05, 3.63) is 38.7 Å². The summed E-state index contributed by atoms with van der Waals surface area (Å²) in [5.74, 6) is 0.126. The molecule has 0 unspecified atom stereocenters. The van der Waals surface area contributed by atoms with E-state index in [1.54, 1.807) is 25.1 Å². The van der Waals surface area contributed by atoms with E-state index in [0.29, 0.717) is 33.7 Å². The molecule has 1 aliphatic carbocycles. The number of hydrogen-bond donors (Lipinski definition) is 2. The summed E-state index contributed by atoms with van der Waals surface area (Å²) < 4.78 is 7.93. The number of phenols is 1. The van der Waals surface area contributed by atoms with Crippen LogP contribution in [-0.2, 0) is 28.9 Å². The number of halogens is 1. The Morgan fingerprint density at radius 2 is 2.06 bits per heavy atom. The maximum absolute atomic E-state index is 12.8. The van der Waals surface area contributed by atoms with Crippen molar-refractivity contribution in [3.63, 3.8) is 0 Å². The quantitative estimate of drug-likeness (QED) is 0.283. The van der Waals surface area contributed by atoms with Gasteiger partial charge in [-0.1, -0.05) is 27.7 Å². The number of carbonyl (C=O) groups is 2. The van der Waals surface area contributed by atoms with Crippen LogP contribution in [0.3, 0.4) is 0 Å². The number of phenolic OH excluding ortho intramolecular Hbond substituents is 1. The van der Waals surface area contributed by atoms with Gasteiger partial charge >= 0.3 is 5.97 Å². The lowest BCUT2D eigenvalue weighted by atomic mass is 9.95. The second-order valence-electron chi connectivity index (χ2n) is 7.68. The molecule has 0 fully saturated rings. The van der Waals surface area contributed by atoms with Crippen molar-refractivity contribution < 1.29 is 19.4 Å². The Labute approximate surface area is 214 Å². The minimum absolute atomic E-state index is 0.104. The number of carbonyl (C=O) groups excluding carboxylic acids is 2. The Kier molecular flexibility index (Phi) is 7.95. The van der Waals surface area contributed by atoms with Crippen LogP contribution in [0, 0.1) is 0 Å². The molecule has 0 aliphatic heterocycles. The van der Waals surface area contributed by atoms with Crippen molar-refractivity contribution in [2.75, 3.05) is 17.7 Å². The molecule has 1 aliphatic rings. The Bertz CT molecular complexity index is 1220. The molecule has 0 radical (unpaired) electrons. The fourth-order valence-corrected chi connectivity index (χ4v) is 6.39. The van der Waals surface area contributed by atoms with E-state index in [-0.39, 0.29) is 30.0 Å². The normalized spacial score (nSPS) is 12.9. The number of aromatic hydroxyl groups is 1. The minimum atomic E-state index is -0.381. The number of rotatable bonds is 8. The third-order valence-corrected chi connectivity index (χ3v) is 8.14. The predicted octanol–water partition coefficient (Wildman–Crippen LogP) is 5.28. The van der Waals surface area contributed by atoms with E-state index in [4.69, 9.17) is 4.74 Å². The molecule has 0 saturated carbocycles. The van der Waals surface area contributed by atoms with Gasteiger partial charge in [0.2, 0.25) is 5.91 Å². The molecule has 11 heteroatoms. The lowest BCUT2D eigenvalue weighted by Gasteiger charge is -2.12. The maximum Gasteiger partial charge on any atom is 0.341 e. The topological polar surface area (TPSA) is 106 Å². The summed E-state index contributed by atoms with van der Waals surface area (Å²) in [5.41, 5.74) is 2.08. The summed E-state index contributed by atoms with van der Waals surface area (Å²) in [6, 6.07) is 5.12. The van der Waals surface area contributed by atoms with Crippen molar-refractivity contribution in [1.29, 1.82) is 0 Å². The number of hydrogen-bond acceptors (Lipinski definition) is 8. The Hall–Kier alpha value is -2.37. The smallest absolute Gasteiger partial charge is 0.341 e. The van der Waals surface area contributed by atoms with E-state index in [1.165, 1.54) is 23.1 Å². The van der Waals surface area contributed by atoms with E-state index in [0.717, 1.165) is 40.6 Å². The standard InChI is InChI=1S/C23H25BrN4O4S2/c1-3-28-20(15-11-13(24)9-10-16(15)29)26-27-23(28)33-12-18(30)25-21-19(22(31)32-4-2)14-7-5-6-8-17(14)34-21/h9-11,29H,3-8,12H2,1-2H3,(H,25,30). The second-order valence-corrected chi connectivity index (χ2v) is 10.6. The lowest BCUT2D eigenvalue weighted by molar-refractivity contribution is -0.113. The first-order chi connectivity index (χ1) is 16.4. The van der Waals surface area contributed by atoms with Gasteiger partial charge < -0.3 is 19.7 Å². The molecule has 3 aromatic rings. The van der Waals surface area contributed by atoms with Crippen molar-refractivity contribution in [1.82, 2.24) is 14.8 Å². The number of aromatic nitrogens is 3. The summed E-state index contributed by atoms with van der Waals surface area (Å²) in [5, 5.41) is 22.8. The highest BCUT2D eigenvalue weighted by atomic mass is 79.9. The molecule has 2 heterocycles. The number of anilines is 1. The van der Waals surface area contributed by atoms with Crippen LogP contribution >= 0.6 is 39.0 Å². The number of nitrogens with zero attached hydrogens (tertiary/aromatic N) is 3. The molecule has 1 amide bonds. The molecular weight excluding hydrogens is 540 g/mol. The fraction of sp³-hybridized carbons (Fsp3) is 0.391. The molecule has 1 aromatic carbocycles. The van der Waals surface area contributed by atoms with Gasteiger partial charge in [0, 0.05) is 15.9 Å². The zero-order valence-corrected chi connectivity index (χ0v) is 22.1. The molecule has 2 aromatic heterocycles. The zero-order chi connectivity index (χ0) is 24.2. The third-order valence-electron chi connectivity index (χ3n) is 5.47. The largest absolute Gasteiger partial charge is 0.507 e. The highest BCUT2D eigenvalue weighted by Crippen LogP contribution is 2.39. The molecule has 2 N–H and O–H groups in total. The summed E-state index contributed by atoms with van der Waals surface area (Å²) in [6.45, 7) is 4.59. The van der Waals surface area contributed by atoms with Crippen LogP contribution in [0.5, 0.6) is 5.75 Å². The van der Waals surface area contributed by atoms with Crippen LogP contribution in [0.4, 0.5) is 5.00 Å². The van der Waals surface area contributed by atoms with E-state index < -0.39 is 0 Å². The highest BCUT2D eigenvalue weighted by Gasteiger charge is 2.27. The molecule has 180 valence electrons. The first-order valence-corrected chi connectivity index (χ1v) is 13.7. The zero-order valence-electron chi connectivity index (χ0n) is 18.9. The van der Waals surface area contributed by atoms with Crippen LogP contribution < -0.4 is 5.32 Å². The van der Waals surface area contributed by atoms with Gasteiger partial charge in [-0.2, -0.15) is 0 Å². The Morgan fingerprint density at radius 1 is 1.26 bits per heavy atom. The first kappa shape index (κ1) is 24.7. The van der Waals surface area contributed by atoms with Crippen LogP contribution in [0.1, 0.15) is 47.5 Å². The van der Waals surface area contributed by atoms with E-state index >= 15 is 0 Å². The molecule has 4 rings (SSSR count). The molecule has 8 nitrogen and oxygen atoms in total.